The van der Waals surface area contributed by atoms with Crippen molar-refractivity contribution in [3.05, 3.63) is 29.8 Å². The van der Waals surface area contributed by atoms with E-state index in [0.717, 1.165) is 37.6 Å². The summed E-state index contributed by atoms with van der Waals surface area (Å²) >= 11 is 0. The molecule has 1 saturated heterocycles. The molecule has 0 aromatic heterocycles. The second-order valence-electron chi connectivity index (χ2n) is 5.86. The van der Waals surface area contributed by atoms with Gasteiger partial charge < -0.3 is 25.4 Å². The molecule has 1 unspecified atom stereocenters. The summed E-state index contributed by atoms with van der Waals surface area (Å²) in [7, 11) is 3.53. The number of benzene rings is 1. The predicted octanol–water partition coefficient (Wildman–Crippen LogP) is 0.594. The molecule has 1 aromatic carbocycles. The number of aliphatic imine (C=N–C) groups is 1. The molecular formula is C17H26N4O3. The fraction of sp³-hybridized carbons (Fsp3) is 0.529. The van der Waals surface area contributed by atoms with Crippen LogP contribution in [0.2, 0.25) is 0 Å². The molecule has 1 heterocycles. The number of nitrogens with zero attached hydrogens (tertiary/aromatic N) is 2. The highest BCUT2D eigenvalue weighted by molar-refractivity contribution is 5.80. The van der Waals surface area contributed by atoms with E-state index in [-0.39, 0.29) is 6.61 Å². The first-order valence-electron chi connectivity index (χ1n) is 8.07. The molecule has 0 radical (unpaired) electrons. The number of rotatable bonds is 7. The summed E-state index contributed by atoms with van der Waals surface area (Å²) in [6.45, 7) is 3.23. The molecule has 0 bridgehead atoms. The first-order valence-corrected chi connectivity index (χ1v) is 8.07. The molecule has 3 N–H and O–H groups in total. The number of guanidine groups is 1. The summed E-state index contributed by atoms with van der Waals surface area (Å²) < 4.78 is 10.6. The number of hydrogen-bond donors (Lipinski definition) is 2. The van der Waals surface area contributed by atoms with Crippen LogP contribution in [0, 0.1) is 5.92 Å². The minimum absolute atomic E-state index is 0.118. The lowest BCUT2D eigenvalue weighted by Gasteiger charge is -2.21. The van der Waals surface area contributed by atoms with Crippen molar-refractivity contribution < 1.29 is 14.3 Å². The summed E-state index contributed by atoms with van der Waals surface area (Å²) in [5, 5.41) is 3.37. The van der Waals surface area contributed by atoms with E-state index < -0.39 is 5.91 Å². The highest BCUT2D eigenvalue weighted by Crippen LogP contribution is 2.17. The van der Waals surface area contributed by atoms with Crippen LogP contribution in [-0.4, -0.2) is 57.2 Å². The predicted molar refractivity (Wildman–Crippen MR) is 92.9 cm³/mol. The van der Waals surface area contributed by atoms with E-state index in [2.05, 4.69) is 15.2 Å². The molecule has 2 rings (SSSR count). The van der Waals surface area contributed by atoms with Gasteiger partial charge in [0.25, 0.3) is 5.91 Å². The zero-order valence-electron chi connectivity index (χ0n) is 14.3. The number of ether oxygens (including phenoxy) is 2. The van der Waals surface area contributed by atoms with Gasteiger partial charge in [-0.3, -0.25) is 9.79 Å². The molecule has 7 heteroatoms. The topological polar surface area (TPSA) is 89.2 Å². The highest BCUT2D eigenvalue weighted by Gasteiger charge is 2.24. The van der Waals surface area contributed by atoms with Gasteiger partial charge in [0.05, 0.1) is 6.61 Å². The average molecular weight is 334 g/mol. The van der Waals surface area contributed by atoms with Crippen molar-refractivity contribution in [2.75, 3.05) is 40.5 Å². The Morgan fingerprint density at radius 2 is 2.33 bits per heavy atom. The molecule has 0 aliphatic carbocycles. The van der Waals surface area contributed by atoms with Crippen LogP contribution >= 0.6 is 0 Å². The van der Waals surface area contributed by atoms with E-state index in [1.165, 1.54) is 0 Å². The van der Waals surface area contributed by atoms with E-state index >= 15 is 0 Å². The summed E-state index contributed by atoms with van der Waals surface area (Å²) in [5.74, 6) is 1.58. The average Bonchev–Trinajstić information content (AvgIpc) is 3.03. The fourth-order valence-electron chi connectivity index (χ4n) is 2.81. The summed E-state index contributed by atoms with van der Waals surface area (Å²) in [5.41, 5.74) is 6.14. The van der Waals surface area contributed by atoms with Gasteiger partial charge in [-0.2, -0.15) is 0 Å². The SMILES string of the molecule is CN=C(NCc1cccc(OCC(N)=O)c1)N1CCC(COC)C1. The van der Waals surface area contributed by atoms with Crippen LogP contribution in [0.15, 0.2) is 29.3 Å². The number of carbonyl (C=O) groups excluding carboxylic acids is 1. The van der Waals surface area contributed by atoms with E-state index in [9.17, 15) is 4.79 Å². The van der Waals surface area contributed by atoms with E-state index in [0.29, 0.717) is 18.2 Å². The Morgan fingerprint density at radius 1 is 1.50 bits per heavy atom. The minimum Gasteiger partial charge on any atom is -0.484 e. The third-order valence-corrected chi connectivity index (χ3v) is 3.93. The van der Waals surface area contributed by atoms with E-state index in [4.69, 9.17) is 15.2 Å². The molecule has 1 atom stereocenters. The number of methoxy groups -OCH3 is 1. The number of amides is 1. The Balaban J connectivity index is 1.87. The van der Waals surface area contributed by atoms with E-state index in [1.54, 1.807) is 20.2 Å². The molecule has 0 spiro atoms. The van der Waals surface area contributed by atoms with Crippen LogP contribution in [0.3, 0.4) is 0 Å². The van der Waals surface area contributed by atoms with Gasteiger partial charge in [-0.15, -0.1) is 0 Å². The maximum atomic E-state index is 10.8. The molecule has 1 fully saturated rings. The lowest BCUT2D eigenvalue weighted by molar-refractivity contribution is -0.119. The second-order valence-corrected chi connectivity index (χ2v) is 5.86. The molecule has 7 nitrogen and oxygen atoms in total. The third-order valence-electron chi connectivity index (χ3n) is 3.93. The lowest BCUT2D eigenvalue weighted by atomic mass is 10.1. The molecule has 132 valence electrons. The van der Waals surface area contributed by atoms with E-state index in [1.807, 2.05) is 18.2 Å². The van der Waals surface area contributed by atoms with Gasteiger partial charge >= 0.3 is 0 Å². The van der Waals surface area contributed by atoms with Gasteiger partial charge in [-0.25, -0.2) is 0 Å². The highest BCUT2D eigenvalue weighted by atomic mass is 16.5. The van der Waals surface area contributed by atoms with Gasteiger partial charge in [0.1, 0.15) is 5.75 Å². The van der Waals surface area contributed by atoms with Crippen molar-refractivity contribution in [1.82, 2.24) is 10.2 Å². The number of nitrogens with two attached hydrogens (primary N) is 1. The lowest BCUT2D eigenvalue weighted by Crippen LogP contribution is -2.39. The molecule has 1 aromatic rings. The Labute approximate surface area is 142 Å². The normalized spacial score (nSPS) is 17.8. The summed E-state index contributed by atoms with van der Waals surface area (Å²) in [6, 6.07) is 7.58. The Bertz CT molecular complexity index is 577. The maximum Gasteiger partial charge on any atom is 0.255 e. The maximum absolute atomic E-state index is 10.8. The number of carbonyl (C=O) groups is 1. The zero-order chi connectivity index (χ0) is 17.4. The van der Waals surface area contributed by atoms with Crippen molar-refractivity contribution in [1.29, 1.82) is 0 Å². The Morgan fingerprint density at radius 3 is 3.04 bits per heavy atom. The quantitative estimate of drug-likeness (QED) is 0.563. The van der Waals surface area contributed by atoms with Crippen molar-refractivity contribution >= 4 is 11.9 Å². The Kier molecular flexibility index (Phi) is 6.87. The smallest absolute Gasteiger partial charge is 0.255 e. The molecular weight excluding hydrogens is 308 g/mol. The molecule has 1 aliphatic heterocycles. The molecule has 0 saturated carbocycles. The third kappa shape index (κ3) is 5.42. The van der Waals surface area contributed by atoms with Gasteiger partial charge in [-0.1, -0.05) is 12.1 Å². The number of likely N-dealkylation sites (tertiary alicyclic amines) is 1. The number of nitrogens with one attached hydrogen (secondary N) is 1. The monoisotopic (exact) mass is 334 g/mol. The first-order chi connectivity index (χ1) is 11.6. The van der Waals surface area contributed by atoms with Gasteiger partial charge in [0.15, 0.2) is 12.6 Å². The van der Waals surface area contributed by atoms with Crippen LogP contribution in [0.5, 0.6) is 5.75 Å². The zero-order valence-corrected chi connectivity index (χ0v) is 14.3. The van der Waals surface area contributed by atoms with Crippen molar-refractivity contribution in [3.8, 4) is 5.75 Å². The molecule has 1 aliphatic rings. The van der Waals surface area contributed by atoms with Crippen LogP contribution in [-0.2, 0) is 16.1 Å². The fourth-order valence-corrected chi connectivity index (χ4v) is 2.81. The van der Waals surface area contributed by atoms with Crippen molar-refractivity contribution in [2.45, 2.75) is 13.0 Å². The van der Waals surface area contributed by atoms with Gasteiger partial charge in [-0.05, 0) is 24.1 Å². The summed E-state index contributed by atoms with van der Waals surface area (Å²) in [4.78, 5) is 17.4. The summed E-state index contributed by atoms with van der Waals surface area (Å²) in [6.07, 6.45) is 1.12. The first kappa shape index (κ1) is 18.1. The largest absolute Gasteiger partial charge is 0.484 e. The minimum atomic E-state index is -0.487. The van der Waals surface area contributed by atoms with Crippen LogP contribution < -0.4 is 15.8 Å². The standard InChI is InChI=1S/C17H26N4O3/c1-19-17(21-7-6-14(10-21)11-23-2)20-9-13-4-3-5-15(8-13)24-12-16(18)22/h3-5,8,14H,6-7,9-12H2,1-2H3,(H2,18,22)(H,19,20). The number of primary amides is 1. The van der Waals surface area contributed by atoms with Gasteiger partial charge in [0.2, 0.25) is 0 Å². The molecule has 1 amide bonds. The molecule has 24 heavy (non-hydrogen) atoms. The number of hydrogen-bond acceptors (Lipinski definition) is 4. The Hall–Kier alpha value is -2.28. The van der Waals surface area contributed by atoms with Crippen LogP contribution in [0.1, 0.15) is 12.0 Å². The van der Waals surface area contributed by atoms with Crippen molar-refractivity contribution in [2.24, 2.45) is 16.6 Å². The van der Waals surface area contributed by atoms with Crippen LogP contribution in [0.25, 0.3) is 0 Å². The van der Waals surface area contributed by atoms with Crippen molar-refractivity contribution in [3.63, 3.8) is 0 Å². The van der Waals surface area contributed by atoms with Gasteiger partial charge in [0, 0.05) is 39.7 Å². The second kappa shape index (κ2) is 9.12. The van der Waals surface area contributed by atoms with Crippen LogP contribution in [0.4, 0.5) is 0 Å².